The van der Waals surface area contributed by atoms with Gasteiger partial charge < -0.3 is 9.64 Å². The summed E-state index contributed by atoms with van der Waals surface area (Å²) in [6, 6.07) is 14.2. The van der Waals surface area contributed by atoms with Crippen LogP contribution in [0, 0.1) is 0 Å². The number of methoxy groups -OCH3 is 1. The fraction of sp³-hybridized carbons (Fsp3) is 0.150. The molecule has 1 N–H and O–H groups in total. The van der Waals surface area contributed by atoms with Crippen LogP contribution in [0.2, 0.25) is 0 Å². The summed E-state index contributed by atoms with van der Waals surface area (Å²) in [4.78, 5) is 14.2. The van der Waals surface area contributed by atoms with E-state index in [0.717, 1.165) is 16.9 Å². The number of rotatable bonds is 7. The number of anilines is 2. The summed E-state index contributed by atoms with van der Waals surface area (Å²) in [7, 11) is 1.55. The second kappa shape index (κ2) is 8.70. The number of sulfonamides is 1. The van der Waals surface area contributed by atoms with E-state index in [1.165, 1.54) is 31.8 Å². The van der Waals surface area contributed by atoms with E-state index in [-0.39, 0.29) is 16.5 Å². The van der Waals surface area contributed by atoms with Crippen LogP contribution in [0.15, 0.2) is 70.9 Å². The highest BCUT2D eigenvalue weighted by molar-refractivity contribution is 7.92. The Kier molecular flexibility index (Phi) is 6.08. The van der Waals surface area contributed by atoms with Gasteiger partial charge in [0.05, 0.1) is 23.9 Å². The third-order valence-electron chi connectivity index (χ3n) is 4.05. The van der Waals surface area contributed by atoms with Crippen LogP contribution in [0.4, 0.5) is 17.2 Å². The van der Waals surface area contributed by atoms with E-state index in [4.69, 9.17) is 4.74 Å². The van der Waals surface area contributed by atoms with Crippen molar-refractivity contribution in [3.63, 3.8) is 0 Å². The van der Waals surface area contributed by atoms with Crippen molar-refractivity contribution in [2.24, 2.45) is 4.99 Å². The van der Waals surface area contributed by atoms with Gasteiger partial charge in [-0.2, -0.15) is 0 Å². The smallest absolute Gasteiger partial charge is 0.263 e. The van der Waals surface area contributed by atoms with Crippen molar-refractivity contribution in [1.29, 1.82) is 0 Å². The first-order valence-electron chi connectivity index (χ1n) is 8.67. The lowest BCUT2D eigenvalue weighted by Gasteiger charge is -2.11. The first kappa shape index (κ1) is 20.3. The van der Waals surface area contributed by atoms with Gasteiger partial charge in [0, 0.05) is 26.0 Å². The molecule has 0 fully saturated rings. The molecule has 0 spiro atoms. The van der Waals surface area contributed by atoms with Gasteiger partial charge in [-0.05, 0) is 42.0 Å². The zero-order chi connectivity index (χ0) is 20.9. The molecule has 29 heavy (non-hydrogen) atoms. The molecule has 0 aliphatic carbocycles. The summed E-state index contributed by atoms with van der Waals surface area (Å²) >= 11 is 0. The second-order valence-electron chi connectivity index (χ2n) is 6.28. The van der Waals surface area contributed by atoms with Gasteiger partial charge in [0.15, 0.2) is 11.6 Å². The third-order valence-corrected chi connectivity index (χ3v) is 5.40. The van der Waals surface area contributed by atoms with Crippen LogP contribution in [0.25, 0.3) is 0 Å². The van der Waals surface area contributed by atoms with Crippen LogP contribution in [-0.4, -0.2) is 45.8 Å². The second-order valence-corrected chi connectivity index (χ2v) is 7.97. The minimum atomic E-state index is -3.81. The van der Waals surface area contributed by atoms with Crippen LogP contribution in [0.3, 0.4) is 0 Å². The molecule has 2 aromatic carbocycles. The topological polar surface area (TPSA) is 96.8 Å². The van der Waals surface area contributed by atoms with Crippen molar-refractivity contribution in [1.82, 2.24) is 9.97 Å². The number of ether oxygens (including phenoxy) is 1. The van der Waals surface area contributed by atoms with E-state index in [0.29, 0.717) is 0 Å². The Balaban J connectivity index is 1.73. The molecular weight excluding hydrogens is 390 g/mol. The molecule has 1 heterocycles. The number of aromatic nitrogens is 2. The molecule has 0 unspecified atom stereocenters. The lowest BCUT2D eigenvalue weighted by Crippen LogP contribution is -2.14. The lowest BCUT2D eigenvalue weighted by atomic mass is 10.2. The average Bonchev–Trinajstić information content (AvgIpc) is 2.73. The number of nitrogens with zero attached hydrogens (tertiary/aromatic N) is 4. The van der Waals surface area contributed by atoms with E-state index in [1.54, 1.807) is 18.3 Å². The summed E-state index contributed by atoms with van der Waals surface area (Å²) in [5, 5.41) is 0. The Morgan fingerprint density at radius 2 is 1.76 bits per heavy atom. The van der Waals surface area contributed by atoms with Gasteiger partial charge in [0.2, 0.25) is 0 Å². The molecule has 150 valence electrons. The number of hydrogen-bond donors (Lipinski definition) is 1. The highest BCUT2D eigenvalue weighted by atomic mass is 32.2. The highest BCUT2D eigenvalue weighted by Crippen LogP contribution is 2.23. The molecule has 0 radical (unpaired) electrons. The number of nitrogens with one attached hydrogen (secondary N) is 1. The molecule has 3 rings (SSSR count). The Bertz CT molecular complexity index is 1100. The predicted molar refractivity (Wildman–Crippen MR) is 114 cm³/mol. The van der Waals surface area contributed by atoms with Crippen molar-refractivity contribution in [3.05, 3.63) is 66.6 Å². The molecule has 3 aromatic rings. The van der Waals surface area contributed by atoms with Gasteiger partial charge in [-0.25, -0.2) is 18.4 Å². The molecule has 0 bridgehead atoms. The van der Waals surface area contributed by atoms with Gasteiger partial charge in [-0.15, -0.1) is 0 Å². The minimum Gasteiger partial charge on any atom is -0.491 e. The Labute approximate surface area is 170 Å². The summed E-state index contributed by atoms with van der Waals surface area (Å²) in [6.07, 6.45) is 4.31. The van der Waals surface area contributed by atoms with E-state index >= 15 is 0 Å². The van der Waals surface area contributed by atoms with Crippen LogP contribution in [-0.2, 0) is 10.0 Å². The maximum Gasteiger partial charge on any atom is 0.263 e. The zero-order valence-corrected chi connectivity index (χ0v) is 17.1. The number of aliphatic imine (C=N–C) groups is 1. The first-order chi connectivity index (χ1) is 13.9. The summed E-state index contributed by atoms with van der Waals surface area (Å²) in [5.74, 6) is 0.314. The standard InChI is InChI=1S/C20H21N5O3S/c1-25(2)17-8-6-16(7-9-17)22-12-15-4-10-18(11-5-15)29(26,27)24-20-19(28-3)13-21-14-23-20/h4-14H,1-3H3,(H,21,23,24). The van der Waals surface area contributed by atoms with Gasteiger partial charge in [0.1, 0.15) is 6.33 Å². The first-order valence-corrected chi connectivity index (χ1v) is 10.2. The Morgan fingerprint density at radius 1 is 1.07 bits per heavy atom. The predicted octanol–water partition coefficient (Wildman–Crippen LogP) is 3.10. The molecule has 1 aromatic heterocycles. The number of hydrogen-bond acceptors (Lipinski definition) is 7. The quantitative estimate of drug-likeness (QED) is 0.600. The Hall–Kier alpha value is -3.46. The van der Waals surface area contributed by atoms with Crippen LogP contribution >= 0.6 is 0 Å². The fourth-order valence-corrected chi connectivity index (χ4v) is 3.47. The van der Waals surface area contributed by atoms with E-state index in [2.05, 4.69) is 19.7 Å². The van der Waals surface area contributed by atoms with E-state index in [9.17, 15) is 8.42 Å². The Morgan fingerprint density at radius 3 is 2.38 bits per heavy atom. The number of benzene rings is 2. The average molecular weight is 411 g/mol. The normalized spacial score (nSPS) is 11.4. The zero-order valence-electron chi connectivity index (χ0n) is 16.3. The fourth-order valence-electron chi connectivity index (χ4n) is 2.45. The highest BCUT2D eigenvalue weighted by Gasteiger charge is 2.17. The monoisotopic (exact) mass is 411 g/mol. The largest absolute Gasteiger partial charge is 0.491 e. The van der Waals surface area contributed by atoms with Gasteiger partial charge in [-0.1, -0.05) is 12.1 Å². The van der Waals surface area contributed by atoms with E-state index in [1.807, 2.05) is 43.3 Å². The van der Waals surface area contributed by atoms with Crippen molar-refractivity contribution >= 4 is 33.4 Å². The molecule has 0 saturated heterocycles. The third kappa shape index (κ3) is 5.08. The maximum atomic E-state index is 12.6. The molecule has 0 amide bonds. The molecule has 0 aliphatic rings. The lowest BCUT2D eigenvalue weighted by molar-refractivity contribution is 0.413. The molecule has 0 aliphatic heterocycles. The van der Waals surface area contributed by atoms with Gasteiger partial charge in [-0.3, -0.25) is 9.71 Å². The van der Waals surface area contributed by atoms with Crippen LogP contribution in [0.5, 0.6) is 5.75 Å². The van der Waals surface area contributed by atoms with Gasteiger partial charge >= 0.3 is 0 Å². The maximum absolute atomic E-state index is 12.6. The minimum absolute atomic E-state index is 0.0781. The molecule has 9 heteroatoms. The summed E-state index contributed by atoms with van der Waals surface area (Å²) < 4.78 is 32.6. The van der Waals surface area contributed by atoms with Crippen LogP contribution < -0.4 is 14.4 Å². The van der Waals surface area contributed by atoms with Crippen molar-refractivity contribution in [3.8, 4) is 5.75 Å². The summed E-state index contributed by atoms with van der Waals surface area (Å²) in [5.41, 5.74) is 2.68. The summed E-state index contributed by atoms with van der Waals surface area (Å²) in [6.45, 7) is 0. The SMILES string of the molecule is COc1cncnc1NS(=O)(=O)c1ccc(C=Nc2ccc(N(C)C)cc2)cc1. The molecule has 0 atom stereocenters. The molecular formula is C20H21N5O3S. The molecule has 8 nitrogen and oxygen atoms in total. The van der Waals surface area contributed by atoms with E-state index < -0.39 is 10.0 Å². The van der Waals surface area contributed by atoms with Crippen molar-refractivity contribution < 1.29 is 13.2 Å². The van der Waals surface area contributed by atoms with Gasteiger partial charge in [0.25, 0.3) is 10.0 Å². The van der Waals surface area contributed by atoms with Crippen LogP contribution in [0.1, 0.15) is 5.56 Å². The van der Waals surface area contributed by atoms with Crippen molar-refractivity contribution in [2.45, 2.75) is 4.90 Å². The van der Waals surface area contributed by atoms with Crippen molar-refractivity contribution in [2.75, 3.05) is 30.8 Å². The molecule has 0 saturated carbocycles.